The summed E-state index contributed by atoms with van der Waals surface area (Å²) in [6.07, 6.45) is 0.879. The maximum absolute atomic E-state index is 12.5. The number of hydrogen-bond acceptors (Lipinski definition) is 6. The van der Waals surface area contributed by atoms with Crippen LogP contribution in [0.25, 0.3) is 0 Å². The van der Waals surface area contributed by atoms with Gasteiger partial charge in [0.2, 0.25) is 11.8 Å². The maximum Gasteiger partial charge on any atom is 0.243 e. The highest BCUT2D eigenvalue weighted by Gasteiger charge is 2.19. The standard InChI is InChI=1S/C19H29N3O4S/c1-15(23)21-18(14-27-17-6-4-16(25-2)5-7-17)19(24)20-8-3-9-22-10-12-26-13-11-22/h4-7,18H,3,8-14H2,1-2H3,(H,20,24)(H,21,23). The molecule has 1 saturated heterocycles. The van der Waals surface area contributed by atoms with Gasteiger partial charge in [-0.1, -0.05) is 0 Å². The second-order valence-corrected chi connectivity index (χ2v) is 7.43. The van der Waals surface area contributed by atoms with Crippen molar-refractivity contribution in [2.45, 2.75) is 24.3 Å². The fourth-order valence-electron chi connectivity index (χ4n) is 2.74. The molecule has 2 amide bonds. The van der Waals surface area contributed by atoms with Crippen molar-refractivity contribution < 1.29 is 19.1 Å². The molecule has 1 heterocycles. The molecule has 1 fully saturated rings. The van der Waals surface area contributed by atoms with Crippen LogP contribution in [0.15, 0.2) is 29.2 Å². The highest BCUT2D eigenvalue weighted by Crippen LogP contribution is 2.22. The second-order valence-electron chi connectivity index (χ2n) is 6.34. The van der Waals surface area contributed by atoms with E-state index >= 15 is 0 Å². The molecule has 2 rings (SSSR count). The molecule has 1 aliphatic heterocycles. The fourth-order valence-corrected chi connectivity index (χ4v) is 3.66. The monoisotopic (exact) mass is 395 g/mol. The largest absolute Gasteiger partial charge is 0.497 e. The summed E-state index contributed by atoms with van der Waals surface area (Å²) in [5, 5.41) is 5.68. The van der Waals surface area contributed by atoms with Gasteiger partial charge in [-0.25, -0.2) is 0 Å². The number of carbonyl (C=O) groups excluding carboxylic acids is 2. The lowest BCUT2D eigenvalue weighted by Gasteiger charge is -2.26. The summed E-state index contributed by atoms with van der Waals surface area (Å²) in [7, 11) is 1.62. The normalized spacial score (nSPS) is 15.8. The van der Waals surface area contributed by atoms with Crippen LogP contribution >= 0.6 is 11.8 Å². The SMILES string of the molecule is COc1ccc(SCC(NC(C)=O)C(=O)NCCCN2CCOCC2)cc1. The molecule has 0 aromatic heterocycles. The first-order valence-electron chi connectivity index (χ1n) is 9.20. The summed E-state index contributed by atoms with van der Waals surface area (Å²) in [5.41, 5.74) is 0. The number of carbonyl (C=O) groups is 2. The Kier molecular flexibility index (Phi) is 9.44. The quantitative estimate of drug-likeness (QED) is 0.457. The van der Waals surface area contributed by atoms with Gasteiger partial charge in [0.15, 0.2) is 0 Å². The molecule has 150 valence electrons. The molecular weight excluding hydrogens is 366 g/mol. The molecule has 0 bridgehead atoms. The molecule has 1 aliphatic rings. The Morgan fingerprint density at radius 2 is 1.96 bits per heavy atom. The van der Waals surface area contributed by atoms with Gasteiger partial charge in [0, 0.05) is 37.2 Å². The zero-order valence-corrected chi connectivity index (χ0v) is 16.8. The predicted molar refractivity (Wildman–Crippen MR) is 106 cm³/mol. The van der Waals surface area contributed by atoms with Crippen LogP contribution in [0.2, 0.25) is 0 Å². The van der Waals surface area contributed by atoms with Gasteiger partial charge in [-0.2, -0.15) is 0 Å². The first-order chi connectivity index (χ1) is 13.1. The molecule has 1 aromatic carbocycles. The van der Waals surface area contributed by atoms with Crippen LogP contribution in [-0.2, 0) is 14.3 Å². The summed E-state index contributed by atoms with van der Waals surface area (Å²) in [4.78, 5) is 27.3. The molecule has 0 spiro atoms. The number of nitrogens with one attached hydrogen (secondary N) is 2. The predicted octanol–water partition coefficient (Wildman–Crippen LogP) is 1.13. The van der Waals surface area contributed by atoms with E-state index in [1.165, 1.54) is 18.7 Å². The van der Waals surface area contributed by atoms with Gasteiger partial charge in [-0.15, -0.1) is 11.8 Å². The number of nitrogens with zero attached hydrogens (tertiary/aromatic N) is 1. The first kappa shape index (κ1) is 21.5. The van der Waals surface area contributed by atoms with Crippen molar-refractivity contribution in [1.82, 2.24) is 15.5 Å². The number of ether oxygens (including phenoxy) is 2. The van der Waals surface area contributed by atoms with Crippen LogP contribution in [0.3, 0.4) is 0 Å². The van der Waals surface area contributed by atoms with Crippen molar-refractivity contribution in [3.8, 4) is 5.75 Å². The van der Waals surface area contributed by atoms with E-state index in [9.17, 15) is 9.59 Å². The summed E-state index contributed by atoms with van der Waals surface area (Å²) >= 11 is 1.53. The Morgan fingerprint density at radius 1 is 1.26 bits per heavy atom. The zero-order valence-electron chi connectivity index (χ0n) is 16.0. The Labute approximate surface area is 165 Å². The minimum absolute atomic E-state index is 0.145. The van der Waals surface area contributed by atoms with Gasteiger partial charge in [0.1, 0.15) is 11.8 Å². The lowest BCUT2D eigenvalue weighted by Crippen LogP contribution is -2.48. The number of thioether (sulfide) groups is 1. The zero-order chi connectivity index (χ0) is 19.5. The summed E-state index contributed by atoms with van der Waals surface area (Å²) < 4.78 is 10.5. The van der Waals surface area contributed by atoms with E-state index in [2.05, 4.69) is 15.5 Å². The minimum atomic E-state index is -0.557. The molecular formula is C19H29N3O4S. The van der Waals surface area contributed by atoms with Crippen LogP contribution in [0.5, 0.6) is 5.75 Å². The number of morpholine rings is 1. The molecule has 0 radical (unpaired) electrons. The van der Waals surface area contributed by atoms with Gasteiger partial charge in [-0.3, -0.25) is 14.5 Å². The molecule has 1 unspecified atom stereocenters. The lowest BCUT2D eigenvalue weighted by atomic mass is 10.3. The van der Waals surface area contributed by atoms with Crippen LogP contribution in [0.1, 0.15) is 13.3 Å². The van der Waals surface area contributed by atoms with E-state index in [1.807, 2.05) is 24.3 Å². The molecule has 0 aliphatic carbocycles. The lowest BCUT2D eigenvalue weighted by molar-refractivity contribution is -0.127. The molecule has 7 nitrogen and oxygen atoms in total. The smallest absolute Gasteiger partial charge is 0.243 e. The van der Waals surface area contributed by atoms with E-state index in [4.69, 9.17) is 9.47 Å². The Balaban J connectivity index is 1.75. The topological polar surface area (TPSA) is 79.9 Å². The molecule has 1 aromatic rings. The fraction of sp³-hybridized carbons (Fsp3) is 0.579. The van der Waals surface area contributed by atoms with Gasteiger partial charge in [0.25, 0.3) is 0 Å². The van der Waals surface area contributed by atoms with Crippen LogP contribution in [0, 0.1) is 0 Å². The van der Waals surface area contributed by atoms with E-state index < -0.39 is 6.04 Å². The second kappa shape index (κ2) is 11.8. The van der Waals surface area contributed by atoms with Gasteiger partial charge < -0.3 is 20.1 Å². The summed E-state index contributed by atoms with van der Waals surface area (Å²) in [5.74, 6) is 0.907. The number of benzene rings is 1. The van der Waals surface area contributed by atoms with Crippen molar-refractivity contribution in [2.75, 3.05) is 52.3 Å². The van der Waals surface area contributed by atoms with Crippen LogP contribution in [0.4, 0.5) is 0 Å². The van der Waals surface area contributed by atoms with E-state index in [1.54, 1.807) is 7.11 Å². The molecule has 1 atom stereocenters. The minimum Gasteiger partial charge on any atom is -0.497 e. The van der Waals surface area contributed by atoms with E-state index in [-0.39, 0.29) is 11.8 Å². The van der Waals surface area contributed by atoms with Crippen molar-refractivity contribution in [2.24, 2.45) is 0 Å². The Hall–Kier alpha value is -1.77. The number of hydrogen-bond donors (Lipinski definition) is 2. The van der Waals surface area contributed by atoms with Crippen LogP contribution in [-0.4, -0.2) is 75.0 Å². The van der Waals surface area contributed by atoms with Gasteiger partial charge >= 0.3 is 0 Å². The first-order valence-corrected chi connectivity index (χ1v) is 10.2. The van der Waals surface area contributed by atoms with E-state index in [0.29, 0.717) is 12.3 Å². The van der Waals surface area contributed by atoms with Crippen molar-refractivity contribution >= 4 is 23.6 Å². The summed E-state index contributed by atoms with van der Waals surface area (Å²) in [6, 6.07) is 7.07. The highest BCUT2D eigenvalue weighted by atomic mass is 32.2. The average molecular weight is 396 g/mol. The number of methoxy groups -OCH3 is 1. The van der Waals surface area contributed by atoms with Crippen molar-refractivity contribution in [3.05, 3.63) is 24.3 Å². The maximum atomic E-state index is 12.5. The third-order valence-electron chi connectivity index (χ3n) is 4.22. The number of amides is 2. The number of rotatable bonds is 10. The van der Waals surface area contributed by atoms with Gasteiger partial charge in [0.05, 0.1) is 20.3 Å². The van der Waals surface area contributed by atoms with Gasteiger partial charge in [-0.05, 0) is 37.2 Å². The van der Waals surface area contributed by atoms with Crippen LogP contribution < -0.4 is 15.4 Å². The Bertz CT molecular complexity index is 591. The van der Waals surface area contributed by atoms with Crippen molar-refractivity contribution in [3.63, 3.8) is 0 Å². The molecule has 27 heavy (non-hydrogen) atoms. The third-order valence-corrected chi connectivity index (χ3v) is 5.33. The van der Waals surface area contributed by atoms with E-state index in [0.717, 1.165) is 49.9 Å². The highest BCUT2D eigenvalue weighted by molar-refractivity contribution is 7.99. The molecule has 0 saturated carbocycles. The molecule has 8 heteroatoms. The third kappa shape index (κ3) is 8.19. The van der Waals surface area contributed by atoms with Crippen molar-refractivity contribution in [1.29, 1.82) is 0 Å². The Morgan fingerprint density at radius 3 is 2.59 bits per heavy atom. The molecule has 2 N–H and O–H groups in total. The summed E-state index contributed by atoms with van der Waals surface area (Å²) in [6.45, 7) is 6.41. The average Bonchev–Trinajstić information content (AvgIpc) is 2.69.